The Balaban J connectivity index is 2.03. The fraction of sp³-hybridized carbons (Fsp3) is 1.00. The smallest absolute Gasteiger partial charge is 0.0355 e. The van der Waals surface area contributed by atoms with Crippen molar-refractivity contribution in [3.05, 3.63) is 0 Å². The summed E-state index contributed by atoms with van der Waals surface area (Å²) in [6.45, 7) is 4.82. The van der Waals surface area contributed by atoms with Crippen LogP contribution in [0.3, 0.4) is 0 Å². The van der Waals surface area contributed by atoms with Crippen molar-refractivity contribution < 1.29 is 0 Å². The molecule has 0 nitrogen and oxygen atoms in total. The molecule has 2 aliphatic rings. The van der Waals surface area contributed by atoms with Crippen LogP contribution < -0.4 is 0 Å². The Morgan fingerprint density at radius 3 is 2.55 bits per heavy atom. The minimum Gasteiger partial charge on any atom is -0.0625 e. The van der Waals surface area contributed by atoms with E-state index in [0.29, 0.717) is 0 Å². The molecule has 0 aromatic rings. The van der Waals surface area contributed by atoms with Gasteiger partial charge in [-0.15, -0.1) is 0 Å². The summed E-state index contributed by atoms with van der Waals surface area (Å²) in [4.78, 5) is 0. The van der Waals surface area contributed by atoms with Gasteiger partial charge in [0.25, 0.3) is 0 Å². The molecule has 0 N–H and O–H groups in total. The van der Waals surface area contributed by atoms with E-state index in [9.17, 15) is 0 Å². The highest BCUT2D eigenvalue weighted by molar-refractivity contribution is 4.90. The highest BCUT2D eigenvalue weighted by Gasteiger charge is 2.39. The third kappa shape index (κ3) is 1.21. The summed E-state index contributed by atoms with van der Waals surface area (Å²) in [6.07, 6.45) is 7.71. The first-order valence-electron chi connectivity index (χ1n) is 5.29. The number of hydrogen-bond acceptors (Lipinski definition) is 0. The Morgan fingerprint density at radius 1 is 1.00 bits per heavy atom. The highest BCUT2D eigenvalue weighted by atomic mass is 14.4. The van der Waals surface area contributed by atoms with Gasteiger partial charge in [-0.05, 0) is 42.9 Å². The van der Waals surface area contributed by atoms with Gasteiger partial charge in [0, 0.05) is 0 Å². The van der Waals surface area contributed by atoms with Crippen LogP contribution in [0, 0.1) is 23.7 Å². The lowest BCUT2D eigenvalue weighted by molar-refractivity contribution is 0.276. The van der Waals surface area contributed by atoms with Crippen molar-refractivity contribution in [1.29, 1.82) is 0 Å². The first-order valence-corrected chi connectivity index (χ1v) is 5.29. The van der Waals surface area contributed by atoms with Gasteiger partial charge in [-0.3, -0.25) is 0 Å². The van der Waals surface area contributed by atoms with Crippen LogP contribution in [0.15, 0.2) is 0 Å². The molecule has 2 saturated carbocycles. The lowest BCUT2D eigenvalue weighted by Gasteiger charge is -2.21. The van der Waals surface area contributed by atoms with E-state index < -0.39 is 0 Å². The minimum atomic E-state index is 0.947. The van der Waals surface area contributed by atoms with E-state index in [-0.39, 0.29) is 0 Å². The van der Waals surface area contributed by atoms with E-state index in [4.69, 9.17) is 0 Å². The molecule has 2 rings (SSSR count). The van der Waals surface area contributed by atoms with Gasteiger partial charge in [0.15, 0.2) is 0 Å². The number of fused-ring (bicyclic) bond motifs is 1. The fourth-order valence-electron chi connectivity index (χ4n) is 3.44. The average Bonchev–Trinajstić information content (AvgIpc) is 2.41. The van der Waals surface area contributed by atoms with Crippen LogP contribution in [0.2, 0.25) is 0 Å². The van der Waals surface area contributed by atoms with E-state index in [2.05, 4.69) is 13.8 Å². The summed E-state index contributed by atoms with van der Waals surface area (Å²) < 4.78 is 0. The van der Waals surface area contributed by atoms with Gasteiger partial charge in [0.05, 0.1) is 0 Å². The largest absolute Gasteiger partial charge is 0.0625 e. The predicted molar refractivity (Wildman–Crippen MR) is 48.4 cm³/mol. The molecule has 2 aliphatic carbocycles. The molecular weight excluding hydrogens is 132 g/mol. The van der Waals surface area contributed by atoms with Crippen molar-refractivity contribution in [2.75, 3.05) is 0 Å². The minimum absolute atomic E-state index is 0.947. The summed E-state index contributed by atoms with van der Waals surface area (Å²) in [7, 11) is 0. The SMILES string of the molecule is CC(C)[C@@H]1CC[C@@H]2CCC[C@@H]21. The van der Waals surface area contributed by atoms with E-state index in [1.165, 1.54) is 12.8 Å². The van der Waals surface area contributed by atoms with Crippen LogP contribution >= 0.6 is 0 Å². The molecule has 11 heavy (non-hydrogen) atoms. The number of hydrogen-bond donors (Lipinski definition) is 0. The zero-order chi connectivity index (χ0) is 7.84. The Bertz CT molecular complexity index is 137. The molecule has 64 valence electrons. The summed E-state index contributed by atoms with van der Waals surface area (Å²) in [6, 6.07) is 0. The molecular formula is C11H20. The van der Waals surface area contributed by atoms with E-state index in [0.717, 1.165) is 23.7 Å². The molecule has 3 atom stereocenters. The van der Waals surface area contributed by atoms with E-state index in [1.807, 2.05) is 0 Å². The van der Waals surface area contributed by atoms with Gasteiger partial charge in [-0.1, -0.05) is 26.7 Å². The fourth-order valence-corrected chi connectivity index (χ4v) is 3.44. The molecule has 0 bridgehead atoms. The second-order valence-corrected chi connectivity index (χ2v) is 4.84. The molecule has 0 heterocycles. The Hall–Kier alpha value is 0. The second kappa shape index (κ2) is 2.80. The van der Waals surface area contributed by atoms with Crippen LogP contribution in [0.4, 0.5) is 0 Å². The maximum Gasteiger partial charge on any atom is -0.0355 e. The van der Waals surface area contributed by atoms with Crippen LogP contribution in [0.5, 0.6) is 0 Å². The van der Waals surface area contributed by atoms with Crippen LogP contribution in [-0.2, 0) is 0 Å². The highest BCUT2D eigenvalue weighted by Crippen LogP contribution is 2.49. The van der Waals surface area contributed by atoms with Crippen molar-refractivity contribution in [3.63, 3.8) is 0 Å². The van der Waals surface area contributed by atoms with Crippen LogP contribution in [-0.4, -0.2) is 0 Å². The maximum absolute atomic E-state index is 2.41. The molecule has 0 saturated heterocycles. The quantitative estimate of drug-likeness (QED) is 0.539. The maximum atomic E-state index is 2.41. The van der Waals surface area contributed by atoms with Crippen molar-refractivity contribution in [2.24, 2.45) is 23.7 Å². The Morgan fingerprint density at radius 2 is 1.82 bits per heavy atom. The second-order valence-electron chi connectivity index (χ2n) is 4.84. The third-order valence-corrected chi connectivity index (χ3v) is 3.99. The van der Waals surface area contributed by atoms with E-state index >= 15 is 0 Å². The first-order chi connectivity index (χ1) is 5.29. The summed E-state index contributed by atoms with van der Waals surface area (Å²) in [5.74, 6) is 4.31. The Kier molecular flexibility index (Phi) is 1.95. The van der Waals surface area contributed by atoms with E-state index in [1.54, 1.807) is 19.3 Å². The van der Waals surface area contributed by atoms with Crippen LogP contribution in [0.1, 0.15) is 46.0 Å². The van der Waals surface area contributed by atoms with Gasteiger partial charge >= 0.3 is 0 Å². The zero-order valence-electron chi connectivity index (χ0n) is 7.84. The molecule has 0 amide bonds. The van der Waals surface area contributed by atoms with Gasteiger partial charge in [0.1, 0.15) is 0 Å². The normalized spacial score (nSPS) is 43.4. The third-order valence-electron chi connectivity index (χ3n) is 3.99. The molecule has 2 fully saturated rings. The summed E-state index contributed by atoms with van der Waals surface area (Å²) in [5.41, 5.74) is 0. The summed E-state index contributed by atoms with van der Waals surface area (Å²) >= 11 is 0. The average molecular weight is 152 g/mol. The van der Waals surface area contributed by atoms with Crippen molar-refractivity contribution in [3.8, 4) is 0 Å². The van der Waals surface area contributed by atoms with Crippen molar-refractivity contribution in [1.82, 2.24) is 0 Å². The standard InChI is InChI=1S/C11H20/c1-8(2)10-7-6-9-4-3-5-11(9)10/h8-11H,3-7H2,1-2H3/t9-,10-,11-/m0/s1. The van der Waals surface area contributed by atoms with Gasteiger partial charge < -0.3 is 0 Å². The molecule has 0 heteroatoms. The monoisotopic (exact) mass is 152 g/mol. The molecule has 0 aromatic carbocycles. The lowest BCUT2D eigenvalue weighted by Crippen LogP contribution is -2.14. The summed E-state index contributed by atoms with van der Waals surface area (Å²) in [5, 5.41) is 0. The van der Waals surface area contributed by atoms with Crippen molar-refractivity contribution >= 4 is 0 Å². The van der Waals surface area contributed by atoms with Crippen LogP contribution in [0.25, 0.3) is 0 Å². The Labute approximate surface area is 70.4 Å². The zero-order valence-corrected chi connectivity index (χ0v) is 7.84. The molecule has 0 aromatic heterocycles. The number of rotatable bonds is 1. The van der Waals surface area contributed by atoms with Gasteiger partial charge in [-0.2, -0.15) is 0 Å². The molecule has 0 radical (unpaired) electrons. The topological polar surface area (TPSA) is 0 Å². The molecule has 0 spiro atoms. The predicted octanol–water partition coefficient (Wildman–Crippen LogP) is 3.47. The van der Waals surface area contributed by atoms with Gasteiger partial charge in [0.2, 0.25) is 0 Å². The van der Waals surface area contributed by atoms with Crippen molar-refractivity contribution in [2.45, 2.75) is 46.0 Å². The first kappa shape index (κ1) is 7.64. The molecule has 0 aliphatic heterocycles. The lowest BCUT2D eigenvalue weighted by atomic mass is 9.84. The molecule has 0 unspecified atom stereocenters. The van der Waals surface area contributed by atoms with Gasteiger partial charge in [-0.25, -0.2) is 0 Å².